The van der Waals surface area contributed by atoms with Gasteiger partial charge in [0.25, 0.3) is 0 Å². The zero-order chi connectivity index (χ0) is 15.4. The fourth-order valence-corrected chi connectivity index (χ4v) is 2.50. The van der Waals surface area contributed by atoms with Gasteiger partial charge in [0.15, 0.2) is 5.78 Å². The number of rotatable bonds is 4. The van der Waals surface area contributed by atoms with E-state index in [9.17, 15) is 4.79 Å². The predicted octanol–water partition coefficient (Wildman–Crippen LogP) is 4.17. The van der Waals surface area contributed by atoms with Crippen molar-refractivity contribution in [1.29, 1.82) is 0 Å². The van der Waals surface area contributed by atoms with E-state index >= 15 is 0 Å². The predicted molar refractivity (Wildman–Crippen MR) is 90.6 cm³/mol. The lowest BCUT2D eigenvalue weighted by Gasteiger charge is -1.97. The number of ketones is 1. The first-order chi connectivity index (χ1) is 10.8. The number of benzene rings is 2. The van der Waals surface area contributed by atoms with Crippen molar-refractivity contribution in [3.63, 3.8) is 0 Å². The van der Waals surface area contributed by atoms with Crippen LogP contribution in [-0.2, 0) is 6.54 Å². The van der Waals surface area contributed by atoms with Crippen LogP contribution < -0.4 is 0 Å². The molecule has 0 amide bonds. The molecule has 0 fully saturated rings. The summed E-state index contributed by atoms with van der Waals surface area (Å²) in [6.45, 7) is 0.515. The minimum Gasteiger partial charge on any atom is -0.335 e. The summed E-state index contributed by atoms with van der Waals surface area (Å²) in [7, 11) is 0. The van der Waals surface area contributed by atoms with Gasteiger partial charge in [-0.25, -0.2) is 0 Å². The molecular formula is C20H15NO. The van der Waals surface area contributed by atoms with Crippen LogP contribution in [0.4, 0.5) is 0 Å². The second-order valence-corrected chi connectivity index (χ2v) is 5.00. The van der Waals surface area contributed by atoms with E-state index in [0.717, 1.165) is 16.5 Å². The number of carbonyl (C=O) groups excluding carboxylic acids is 1. The molecule has 1 aromatic heterocycles. The number of hydrogen-bond donors (Lipinski definition) is 0. The first kappa shape index (κ1) is 13.9. The van der Waals surface area contributed by atoms with Crippen LogP contribution in [0.5, 0.6) is 0 Å². The highest BCUT2D eigenvalue weighted by Gasteiger charge is 2.06. The molecule has 0 atom stereocenters. The maximum Gasteiger partial charge on any atom is 0.185 e. The lowest BCUT2D eigenvalue weighted by Crippen LogP contribution is -1.92. The molecule has 0 saturated heterocycles. The average Bonchev–Trinajstić information content (AvgIpc) is 2.92. The van der Waals surface area contributed by atoms with E-state index in [-0.39, 0.29) is 5.78 Å². The van der Waals surface area contributed by atoms with Crippen molar-refractivity contribution in [3.8, 4) is 12.3 Å². The average molecular weight is 285 g/mol. The molecule has 1 heterocycles. The van der Waals surface area contributed by atoms with Crippen molar-refractivity contribution in [1.82, 2.24) is 4.57 Å². The molecule has 0 spiro atoms. The standard InChI is InChI=1S/C20H15NO/c1-2-14-21-15-17(18-10-6-7-11-19(18)21)12-13-20(22)16-8-4-3-5-9-16/h1,3-13,15H,14H2/b13-12+. The van der Waals surface area contributed by atoms with Gasteiger partial charge in [0, 0.05) is 28.2 Å². The van der Waals surface area contributed by atoms with Crippen molar-refractivity contribution >= 4 is 22.8 Å². The largest absolute Gasteiger partial charge is 0.335 e. The summed E-state index contributed by atoms with van der Waals surface area (Å²) in [4.78, 5) is 12.2. The second-order valence-electron chi connectivity index (χ2n) is 5.00. The van der Waals surface area contributed by atoms with Crippen LogP contribution in [0.2, 0.25) is 0 Å². The number of terminal acetylenes is 1. The van der Waals surface area contributed by atoms with E-state index in [1.807, 2.05) is 71.4 Å². The monoisotopic (exact) mass is 285 g/mol. The molecule has 0 aliphatic carbocycles. The highest BCUT2D eigenvalue weighted by molar-refractivity contribution is 6.07. The maximum atomic E-state index is 12.2. The van der Waals surface area contributed by atoms with Crippen LogP contribution in [0.3, 0.4) is 0 Å². The zero-order valence-corrected chi connectivity index (χ0v) is 12.1. The van der Waals surface area contributed by atoms with Crippen LogP contribution in [0, 0.1) is 12.3 Å². The smallest absolute Gasteiger partial charge is 0.185 e. The van der Waals surface area contributed by atoms with Crippen LogP contribution in [0.1, 0.15) is 15.9 Å². The van der Waals surface area contributed by atoms with E-state index in [4.69, 9.17) is 6.42 Å². The summed E-state index contributed by atoms with van der Waals surface area (Å²) in [5.41, 5.74) is 2.76. The Morgan fingerprint density at radius 1 is 1.09 bits per heavy atom. The quantitative estimate of drug-likeness (QED) is 0.400. The number of nitrogens with zero attached hydrogens (tertiary/aromatic N) is 1. The lowest BCUT2D eigenvalue weighted by molar-refractivity contribution is 0.104. The molecule has 0 bridgehead atoms. The first-order valence-electron chi connectivity index (χ1n) is 7.08. The normalized spacial score (nSPS) is 10.9. The van der Waals surface area contributed by atoms with Gasteiger partial charge < -0.3 is 4.57 Å². The molecule has 0 saturated carbocycles. The Bertz CT molecular complexity index is 879. The van der Waals surface area contributed by atoms with Gasteiger partial charge in [-0.05, 0) is 18.2 Å². The molecule has 0 N–H and O–H groups in total. The third kappa shape index (κ3) is 2.70. The van der Waals surface area contributed by atoms with Gasteiger partial charge in [-0.15, -0.1) is 6.42 Å². The van der Waals surface area contributed by atoms with Gasteiger partial charge in [0.2, 0.25) is 0 Å². The number of allylic oxidation sites excluding steroid dienone is 1. The molecule has 0 unspecified atom stereocenters. The van der Waals surface area contributed by atoms with Gasteiger partial charge in [0.1, 0.15) is 0 Å². The molecule has 3 aromatic rings. The summed E-state index contributed by atoms with van der Waals surface area (Å²) in [6.07, 6.45) is 10.9. The summed E-state index contributed by atoms with van der Waals surface area (Å²) in [5.74, 6) is 2.65. The molecule has 0 radical (unpaired) electrons. The molecule has 22 heavy (non-hydrogen) atoms. The van der Waals surface area contributed by atoms with E-state index in [1.54, 1.807) is 6.08 Å². The van der Waals surface area contributed by atoms with E-state index in [1.165, 1.54) is 0 Å². The molecule has 0 aliphatic heterocycles. The number of hydrogen-bond acceptors (Lipinski definition) is 1. The number of carbonyl (C=O) groups is 1. The van der Waals surface area contributed by atoms with Gasteiger partial charge in [-0.3, -0.25) is 4.79 Å². The Hall–Kier alpha value is -3.05. The highest BCUT2D eigenvalue weighted by atomic mass is 16.1. The Balaban J connectivity index is 1.96. The van der Waals surface area contributed by atoms with E-state index < -0.39 is 0 Å². The Kier molecular flexibility index (Phi) is 3.89. The van der Waals surface area contributed by atoms with Crippen LogP contribution in [-0.4, -0.2) is 10.4 Å². The Morgan fingerprint density at radius 3 is 2.59 bits per heavy atom. The summed E-state index contributed by atoms with van der Waals surface area (Å²) in [5, 5.41) is 1.09. The molecule has 2 aromatic carbocycles. The molecule has 2 nitrogen and oxygen atoms in total. The number of aromatic nitrogens is 1. The van der Waals surface area contributed by atoms with Crippen molar-refractivity contribution < 1.29 is 4.79 Å². The number of para-hydroxylation sites is 1. The maximum absolute atomic E-state index is 12.2. The van der Waals surface area contributed by atoms with E-state index in [2.05, 4.69) is 5.92 Å². The minimum absolute atomic E-state index is 0.00520. The van der Waals surface area contributed by atoms with Crippen molar-refractivity contribution in [2.75, 3.05) is 0 Å². The molecule has 2 heteroatoms. The molecular weight excluding hydrogens is 270 g/mol. The third-order valence-electron chi connectivity index (χ3n) is 3.55. The zero-order valence-electron chi connectivity index (χ0n) is 12.1. The van der Waals surface area contributed by atoms with Crippen molar-refractivity contribution in [2.45, 2.75) is 6.54 Å². The van der Waals surface area contributed by atoms with Crippen molar-refractivity contribution in [2.24, 2.45) is 0 Å². The summed E-state index contributed by atoms with van der Waals surface area (Å²) < 4.78 is 2.02. The second kappa shape index (κ2) is 6.15. The van der Waals surface area contributed by atoms with Gasteiger partial charge in [-0.1, -0.05) is 54.5 Å². The number of fused-ring (bicyclic) bond motifs is 1. The highest BCUT2D eigenvalue weighted by Crippen LogP contribution is 2.22. The van der Waals surface area contributed by atoms with Crippen LogP contribution >= 0.6 is 0 Å². The van der Waals surface area contributed by atoms with Gasteiger partial charge >= 0.3 is 0 Å². The molecule has 106 valence electrons. The first-order valence-corrected chi connectivity index (χ1v) is 7.08. The lowest BCUT2D eigenvalue weighted by atomic mass is 10.1. The van der Waals surface area contributed by atoms with Crippen molar-refractivity contribution in [3.05, 3.63) is 78.0 Å². The third-order valence-corrected chi connectivity index (χ3v) is 3.55. The summed E-state index contributed by atoms with van der Waals surface area (Å²) in [6, 6.07) is 17.3. The Labute approximate surface area is 129 Å². The Morgan fingerprint density at radius 2 is 1.82 bits per heavy atom. The minimum atomic E-state index is -0.00520. The SMILES string of the molecule is C#CCn1cc(/C=C/C(=O)c2ccccc2)c2ccccc21. The molecule has 3 rings (SSSR count). The summed E-state index contributed by atoms with van der Waals surface area (Å²) >= 11 is 0. The fraction of sp³-hybridized carbons (Fsp3) is 0.0500. The van der Waals surface area contributed by atoms with Gasteiger partial charge in [0.05, 0.1) is 6.54 Å². The van der Waals surface area contributed by atoms with E-state index in [0.29, 0.717) is 12.1 Å². The van der Waals surface area contributed by atoms with Gasteiger partial charge in [-0.2, -0.15) is 0 Å². The molecule has 0 aliphatic rings. The van der Waals surface area contributed by atoms with Crippen LogP contribution in [0.15, 0.2) is 66.9 Å². The fourth-order valence-electron chi connectivity index (χ4n) is 2.50. The topological polar surface area (TPSA) is 22.0 Å². The van der Waals surface area contributed by atoms with Crippen LogP contribution in [0.25, 0.3) is 17.0 Å².